The SMILES string of the molecule is C[C@@H]1Cc2ccccc2N1C(=O)COC(=O)c1ccncc1. The molecule has 0 radical (unpaired) electrons. The first-order valence-corrected chi connectivity index (χ1v) is 7.14. The Morgan fingerprint density at radius 2 is 1.95 bits per heavy atom. The number of rotatable bonds is 3. The fourth-order valence-corrected chi connectivity index (χ4v) is 2.71. The number of fused-ring (bicyclic) bond motifs is 1. The number of hydrogen-bond donors (Lipinski definition) is 0. The molecule has 3 rings (SSSR count). The van der Waals surface area contributed by atoms with E-state index in [-0.39, 0.29) is 18.6 Å². The minimum atomic E-state index is -0.518. The van der Waals surface area contributed by atoms with Gasteiger partial charge in [-0.05, 0) is 37.1 Å². The van der Waals surface area contributed by atoms with Crippen molar-refractivity contribution < 1.29 is 14.3 Å². The Balaban J connectivity index is 1.67. The average molecular weight is 296 g/mol. The predicted molar refractivity (Wildman–Crippen MR) is 81.6 cm³/mol. The summed E-state index contributed by atoms with van der Waals surface area (Å²) in [5, 5.41) is 0. The fraction of sp³-hybridized carbons (Fsp3) is 0.235. The third-order valence-electron chi connectivity index (χ3n) is 3.72. The lowest BCUT2D eigenvalue weighted by Crippen LogP contribution is -2.38. The van der Waals surface area contributed by atoms with Crippen LogP contribution in [0.2, 0.25) is 0 Å². The molecule has 0 saturated carbocycles. The summed E-state index contributed by atoms with van der Waals surface area (Å²) in [6.45, 7) is 1.72. The normalized spacial score (nSPS) is 16.2. The number of benzene rings is 1. The first-order valence-electron chi connectivity index (χ1n) is 7.14. The van der Waals surface area contributed by atoms with E-state index >= 15 is 0 Å². The van der Waals surface area contributed by atoms with E-state index in [0.717, 1.165) is 17.7 Å². The summed E-state index contributed by atoms with van der Waals surface area (Å²) in [6.07, 6.45) is 3.84. The second-order valence-corrected chi connectivity index (χ2v) is 5.26. The largest absolute Gasteiger partial charge is 0.452 e. The summed E-state index contributed by atoms with van der Waals surface area (Å²) in [5.74, 6) is -0.726. The van der Waals surface area contributed by atoms with Gasteiger partial charge < -0.3 is 9.64 Å². The number of nitrogens with zero attached hydrogens (tertiary/aromatic N) is 2. The predicted octanol–water partition coefficient (Wildman–Crippen LogP) is 2.22. The Morgan fingerprint density at radius 3 is 2.73 bits per heavy atom. The number of ether oxygens (including phenoxy) is 1. The first-order chi connectivity index (χ1) is 10.7. The molecule has 5 heteroatoms. The zero-order chi connectivity index (χ0) is 15.5. The van der Waals surface area contributed by atoms with E-state index in [1.807, 2.05) is 31.2 Å². The Kier molecular flexibility index (Phi) is 3.87. The van der Waals surface area contributed by atoms with Crippen LogP contribution < -0.4 is 4.90 Å². The zero-order valence-corrected chi connectivity index (χ0v) is 12.2. The Hall–Kier alpha value is -2.69. The van der Waals surface area contributed by atoms with Gasteiger partial charge in [0.25, 0.3) is 5.91 Å². The first kappa shape index (κ1) is 14.3. The summed E-state index contributed by atoms with van der Waals surface area (Å²) in [4.78, 5) is 29.8. The smallest absolute Gasteiger partial charge is 0.338 e. The summed E-state index contributed by atoms with van der Waals surface area (Å²) in [7, 11) is 0. The quantitative estimate of drug-likeness (QED) is 0.815. The number of amides is 1. The van der Waals surface area contributed by atoms with Gasteiger partial charge in [0, 0.05) is 24.1 Å². The molecule has 0 bridgehead atoms. The van der Waals surface area contributed by atoms with Crippen molar-refractivity contribution in [3.63, 3.8) is 0 Å². The third kappa shape index (κ3) is 2.70. The van der Waals surface area contributed by atoms with Crippen LogP contribution in [0.15, 0.2) is 48.8 Å². The van der Waals surface area contributed by atoms with Crippen molar-refractivity contribution >= 4 is 17.6 Å². The lowest BCUT2D eigenvalue weighted by molar-refractivity contribution is -0.122. The van der Waals surface area contributed by atoms with E-state index in [0.29, 0.717) is 5.56 Å². The van der Waals surface area contributed by atoms with E-state index in [4.69, 9.17) is 4.74 Å². The van der Waals surface area contributed by atoms with Crippen molar-refractivity contribution in [2.45, 2.75) is 19.4 Å². The van der Waals surface area contributed by atoms with E-state index in [9.17, 15) is 9.59 Å². The number of carbonyl (C=O) groups is 2. The van der Waals surface area contributed by atoms with E-state index in [1.165, 1.54) is 12.4 Å². The maximum atomic E-state index is 12.4. The van der Waals surface area contributed by atoms with Crippen molar-refractivity contribution in [1.29, 1.82) is 0 Å². The fourth-order valence-electron chi connectivity index (χ4n) is 2.71. The van der Waals surface area contributed by atoms with E-state index in [2.05, 4.69) is 4.98 Å². The molecule has 1 aliphatic heterocycles. The lowest BCUT2D eigenvalue weighted by Gasteiger charge is -2.22. The van der Waals surface area contributed by atoms with Gasteiger partial charge in [0.15, 0.2) is 6.61 Å². The molecule has 0 aliphatic carbocycles. The summed E-state index contributed by atoms with van der Waals surface area (Å²) >= 11 is 0. The molecule has 1 atom stereocenters. The Bertz CT molecular complexity index is 700. The molecule has 1 aromatic heterocycles. The van der Waals surface area contributed by atoms with Crippen molar-refractivity contribution in [2.24, 2.45) is 0 Å². The molecule has 2 heterocycles. The second kappa shape index (κ2) is 5.97. The minimum absolute atomic E-state index is 0.0736. The topological polar surface area (TPSA) is 59.5 Å². The van der Waals surface area contributed by atoms with E-state index < -0.39 is 5.97 Å². The maximum Gasteiger partial charge on any atom is 0.338 e. The highest BCUT2D eigenvalue weighted by Gasteiger charge is 2.30. The highest BCUT2D eigenvalue weighted by Crippen LogP contribution is 2.31. The second-order valence-electron chi connectivity index (χ2n) is 5.26. The number of pyridine rings is 1. The van der Waals surface area contributed by atoms with Crippen LogP contribution in [0.3, 0.4) is 0 Å². The van der Waals surface area contributed by atoms with E-state index in [1.54, 1.807) is 17.0 Å². The van der Waals surface area contributed by atoms with Gasteiger partial charge in [0.1, 0.15) is 0 Å². The molecule has 2 aromatic rings. The molecule has 1 amide bonds. The minimum Gasteiger partial charge on any atom is -0.452 e. The van der Waals surface area contributed by atoms with Crippen LogP contribution in [-0.2, 0) is 16.0 Å². The molecule has 5 nitrogen and oxygen atoms in total. The van der Waals surface area contributed by atoms with Crippen molar-refractivity contribution in [3.8, 4) is 0 Å². The molecular weight excluding hydrogens is 280 g/mol. The van der Waals surface area contributed by atoms with Crippen LogP contribution in [0.1, 0.15) is 22.8 Å². The van der Waals surface area contributed by atoms with Crippen molar-refractivity contribution in [2.75, 3.05) is 11.5 Å². The van der Waals surface area contributed by atoms with Gasteiger partial charge in [-0.3, -0.25) is 9.78 Å². The Morgan fingerprint density at radius 1 is 1.23 bits per heavy atom. The Labute approximate surface area is 128 Å². The summed E-state index contributed by atoms with van der Waals surface area (Å²) in [5.41, 5.74) is 2.43. The van der Waals surface area contributed by atoms with Gasteiger partial charge in [-0.15, -0.1) is 0 Å². The van der Waals surface area contributed by atoms with Gasteiger partial charge in [0.2, 0.25) is 0 Å². The molecular formula is C17H16N2O3. The van der Waals surface area contributed by atoms with Gasteiger partial charge >= 0.3 is 5.97 Å². The van der Waals surface area contributed by atoms with Gasteiger partial charge in [-0.1, -0.05) is 18.2 Å². The number of hydrogen-bond acceptors (Lipinski definition) is 4. The molecule has 0 N–H and O–H groups in total. The highest BCUT2D eigenvalue weighted by atomic mass is 16.5. The van der Waals surface area contributed by atoms with Gasteiger partial charge in [-0.25, -0.2) is 4.79 Å². The van der Waals surface area contributed by atoms with Gasteiger partial charge in [0.05, 0.1) is 5.56 Å². The number of carbonyl (C=O) groups excluding carboxylic acids is 2. The number of aromatic nitrogens is 1. The summed E-state index contributed by atoms with van der Waals surface area (Å²) in [6, 6.07) is 11.0. The van der Waals surface area contributed by atoms with Crippen LogP contribution in [0.4, 0.5) is 5.69 Å². The lowest BCUT2D eigenvalue weighted by atomic mass is 10.1. The van der Waals surface area contributed by atoms with Crippen LogP contribution in [0.5, 0.6) is 0 Å². The van der Waals surface area contributed by atoms with Crippen molar-refractivity contribution in [1.82, 2.24) is 4.98 Å². The average Bonchev–Trinajstić information content (AvgIpc) is 2.89. The van der Waals surface area contributed by atoms with Crippen LogP contribution in [0, 0.1) is 0 Å². The zero-order valence-electron chi connectivity index (χ0n) is 12.2. The van der Waals surface area contributed by atoms with Gasteiger partial charge in [-0.2, -0.15) is 0 Å². The maximum absolute atomic E-state index is 12.4. The monoisotopic (exact) mass is 296 g/mol. The highest BCUT2D eigenvalue weighted by molar-refractivity contribution is 5.99. The molecule has 22 heavy (non-hydrogen) atoms. The molecule has 1 aliphatic rings. The number of esters is 1. The van der Waals surface area contributed by atoms with Crippen molar-refractivity contribution in [3.05, 3.63) is 59.9 Å². The molecule has 0 spiro atoms. The van der Waals surface area contributed by atoms with Crippen LogP contribution in [0.25, 0.3) is 0 Å². The third-order valence-corrected chi connectivity index (χ3v) is 3.72. The standard InChI is InChI=1S/C17H16N2O3/c1-12-10-14-4-2-3-5-15(14)19(12)16(20)11-22-17(21)13-6-8-18-9-7-13/h2-9,12H,10-11H2,1H3/t12-/m1/s1. The molecule has 0 saturated heterocycles. The van der Waals surface area contributed by atoms with Crippen LogP contribution in [-0.4, -0.2) is 29.5 Å². The molecule has 0 fully saturated rings. The number of anilines is 1. The molecule has 1 aromatic carbocycles. The molecule has 112 valence electrons. The molecule has 0 unspecified atom stereocenters. The number of para-hydroxylation sites is 1. The summed E-state index contributed by atoms with van der Waals surface area (Å²) < 4.78 is 5.11. The van der Waals surface area contributed by atoms with Crippen LogP contribution >= 0.6 is 0 Å².